The van der Waals surface area contributed by atoms with Crippen LogP contribution in [0.25, 0.3) is 0 Å². The molecule has 1 saturated carbocycles. The maximum Gasteiger partial charge on any atom is 0.261 e. The summed E-state index contributed by atoms with van der Waals surface area (Å²) in [6.45, 7) is 4.02. The van der Waals surface area contributed by atoms with Gasteiger partial charge in [0, 0.05) is 17.1 Å². The van der Waals surface area contributed by atoms with E-state index in [4.69, 9.17) is 4.74 Å². The van der Waals surface area contributed by atoms with Crippen molar-refractivity contribution in [3.05, 3.63) is 64.1 Å². The van der Waals surface area contributed by atoms with Crippen LogP contribution in [0.2, 0.25) is 0 Å². The van der Waals surface area contributed by atoms with Crippen LogP contribution >= 0.6 is 15.9 Å². The van der Waals surface area contributed by atoms with Crippen LogP contribution in [0, 0.1) is 6.92 Å². The number of hydrogen-bond acceptors (Lipinski definition) is 3. The molecule has 166 valence electrons. The summed E-state index contributed by atoms with van der Waals surface area (Å²) in [6.07, 6.45) is 5.53. The molecule has 1 atom stereocenters. The van der Waals surface area contributed by atoms with E-state index in [1.165, 1.54) is 6.42 Å². The predicted molar refractivity (Wildman–Crippen MR) is 126 cm³/mol. The van der Waals surface area contributed by atoms with Crippen LogP contribution in [-0.4, -0.2) is 35.4 Å². The monoisotopic (exact) mass is 486 g/mol. The molecular weight excluding hydrogens is 456 g/mol. The van der Waals surface area contributed by atoms with Gasteiger partial charge in [-0.1, -0.05) is 65.0 Å². The lowest BCUT2D eigenvalue weighted by molar-refractivity contribution is -0.142. The van der Waals surface area contributed by atoms with Crippen molar-refractivity contribution in [1.29, 1.82) is 0 Å². The summed E-state index contributed by atoms with van der Waals surface area (Å²) in [6, 6.07) is 15.0. The Morgan fingerprint density at radius 2 is 1.84 bits per heavy atom. The third kappa shape index (κ3) is 7.10. The molecule has 0 radical (unpaired) electrons. The van der Waals surface area contributed by atoms with Crippen molar-refractivity contribution in [1.82, 2.24) is 10.2 Å². The van der Waals surface area contributed by atoms with Crippen LogP contribution in [-0.2, 0) is 16.1 Å². The fourth-order valence-electron chi connectivity index (χ4n) is 3.85. The van der Waals surface area contributed by atoms with Gasteiger partial charge in [0.05, 0.1) is 0 Å². The highest BCUT2D eigenvalue weighted by atomic mass is 79.9. The van der Waals surface area contributed by atoms with Crippen molar-refractivity contribution in [3.63, 3.8) is 0 Å². The highest BCUT2D eigenvalue weighted by Crippen LogP contribution is 2.19. The van der Waals surface area contributed by atoms with E-state index in [1.54, 1.807) is 11.8 Å². The molecule has 0 bridgehead atoms. The van der Waals surface area contributed by atoms with E-state index in [2.05, 4.69) is 21.2 Å². The number of halogens is 1. The van der Waals surface area contributed by atoms with Crippen LogP contribution in [0.5, 0.6) is 5.75 Å². The summed E-state index contributed by atoms with van der Waals surface area (Å²) < 4.78 is 6.65. The van der Waals surface area contributed by atoms with Gasteiger partial charge in [-0.05, 0) is 56.5 Å². The van der Waals surface area contributed by atoms with E-state index in [0.29, 0.717) is 12.3 Å². The van der Waals surface area contributed by atoms with Gasteiger partial charge in [0.15, 0.2) is 6.61 Å². The van der Waals surface area contributed by atoms with Gasteiger partial charge in [-0.3, -0.25) is 9.59 Å². The number of carbonyl (C=O) groups is 2. The van der Waals surface area contributed by atoms with E-state index >= 15 is 0 Å². The number of nitrogens with zero attached hydrogens (tertiary/aromatic N) is 1. The number of hydrogen-bond donors (Lipinski definition) is 1. The first-order valence-electron chi connectivity index (χ1n) is 11.0. The number of aryl methyl sites for hydroxylation is 1. The summed E-state index contributed by atoms with van der Waals surface area (Å²) in [5.41, 5.74) is 2.08. The molecular formula is C25H31BrN2O3. The topological polar surface area (TPSA) is 58.6 Å². The molecule has 3 rings (SSSR count). The van der Waals surface area contributed by atoms with Crippen LogP contribution in [0.15, 0.2) is 53.0 Å². The minimum Gasteiger partial charge on any atom is -0.484 e. The molecule has 2 aromatic rings. The van der Waals surface area contributed by atoms with E-state index in [0.717, 1.165) is 41.3 Å². The Kier molecular flexibility index (Phi) is 8.52. The smallest absolute Gasteiger partial charge is 0.261 e. The van der Waals surface area contributed by atoms with Gasteiger partial charge in [0.1, 0.15) is 11.8 Å². The average Bonchev–Trinajstić information content (AvgIpc) is 2.77. The normalized spacial score (nSPS) is 15.2. The highest BCUT2D eigenvalue weighted by molar-refractivity contribution is 9.10. The van der Waals surface area contributed by atoms with Crippen LogP contribution < -0.4 is 10.1 Å². The first-order valence-corrected chi connectivity index (χ1v) is 11.8. The molecule has 0 unspecified atom stereocenters. The first kappa shape index (κ1) is 23.3. The molecule has 2 amide bonds. The quantitative estimate of drug-likeness (QED) is 0.570. The Hall–Kier alpha value is -2.34. The van der Waals surface area contributed by atoms with Gasteiger partial charge in [-0.15, -0.1) is 0 Å². The van der Waals surface area contributed by atoms with E-state index in [1.807, 2.05) is 55.5 Å². The lowest BCUT2D eigenvalue weighted by atomic mass is 9.95. The molecule has 1 aliphatic rings. The molecule has 0 aliphatic heterocycles. The molecule has 0 aromatic heterocycles. The molecule has 1 fully saturated rings. The van der Waals surface area contributed by atoms with Crippen molar-refractivity contribution in [2.24, 2.45) is 0 Å². The van der Waals surface area contributed by atoms with Crippen molar-refractivity contribution in [3.8, 4) is 5.75 Å². The molecule has 6 heteroatoms. The van der Waals surface area contributed by atoms with Gasteiger partial charge in [-0.25, -0.2) is 0 Å². The second-order valence-electron chi connectivity index (χ2n) is 8.27. The van der Waals surface area contributed by atoms with Crippen LogP contribution in [0.1, 0.15) is 50.2 Å². The Morgan fingerprint density at radius 3 is 2.52 bits per heavy atom. The zero-order valence-electron chi connectivity index (χ0n) is 18.3. The van der Waals surface area contributed by atoms with Gasteiger partial charge in [0.25, 0.3) is 5.91 Å². The fraction of sp³-hybridized carbons (Fsp3) is 0.440. The summed E-state index contributed by atoms with van der Waals surface area (Å²) >= 11 is 3.48. The van der Waals surface area contributed by atoms with Crippen LogP contribution in [0.3, 0.4) is 0 Å². The van der Waals surface area contributed by atoms with Crippen molar-refractivity contribution < 1.29 is 14.3 Å². The standard InChI is InChI=1S/C25H31BrN2O3/c1-18-11-13-23(14-12-18)31-17-24(29)28(16-20-7-6-8-21(26)15-20)19(2)25(30)27-22-9-4-3-5-10-22/h6-8,11-15,19,22H,3-5,9-10,16-17H2,1-2H3,(H,27,30)/t19-/m0/s1. The molecule has 31 heavy (non-hydrogen) atoms. The second kappa shape index (κ2) is 11.3. The van der Waals surface area contributed by atoms with Gasteiger partial charge in [-0.2, -0.15) is 0 Å². The summed E-state index contributed by atoms with van der Waals surface area (Å²) in [5, 5.41) is 3.15. The van der Waals surface area contributed by atoms with E-state index in [-0.39, 0.29) is 24.5 Å². The predicted octanol–water partition coefficient (Wildman–Crippen LogP) is 5.00. The SMILES string of the molecule is Cc1ccc(OCC(=O)N(Cc2cccc(Br)c2)[C@@H](C)C(=O)NC2CCCCC2)cc1. The molecule has 0 saturated heterocycles. The molecule has 0 spiro atoms. The maximum absolute atomic E-state index is 13.1. The first-order chi connectivity index (χ1) is 14.9. The van der Waals surface area contributed by atoms with Crippen molar-refractivity contribution in [2.75, 3.05) is 6.61 Å². The van der Waals surface area contributed by atoms with Crippen molar-refractivity contribution in [2.45, 2.75) is 64.6 Å². The van der Waals surface area contributed by atoms with Crippen molar-refractivity contribution >= 4 is 27.7 Å². The minimum atomic E-state index is -0.588. The minimum absolute atomic E-state index is 0.106. The lowest BCUT2D eigenvalue weighted by Gasteiger charge is -2.31. The highest BCUT2D eigenvalue weighted by Gasteiger charge is 2.28. The number of amides is 2. The average molecular weight is 487 g/mol. The number of nitrogens with one attached hydrogen (secondary N) is 1. The zero-order chi connectivity index (χ0) is 22.2. The third-order valence-corrected chi connectivity index (χ3v) is 6.24. The number of carbonyl (C=O) groups excluding carboxylic acids is 2. The molecule has 0 heterocycles. The Bertz CT molecular complexity index is 879. The largest absolute Gasteiger partial charge is 0.484 e. The molecule has 1 aliphatic carbocycles. The van der Waals surface area contributed by atoms with E-state index < -0.39 is 6.04 Å². The zero-order valence-corrected chi connectivity index (χ0v) is 19.9. The summed E-state index contributed by atoms with van der Waals surface area (Å²) in [4.78, 5) is 27.7. The molecule has 2 aromatic carbocycles. The lowest BCUT2D eigenvalue weighted by Crippen LogP contribution is -2.51. The van der Waals surface area contributed by atoms with Gasteiger partial charge >= 0.3 is 0 Å². The third-order valence-electron chi connectivity index (χ3n) is 5.74. The van der Waals surface area contributed by atoms with Crippen LogP contribution in [0.4, 0.5) is 0 Å². The van der Waals surface area contributed by atoms with E-state index in [9.17, 15) is 9.59 Å². The Morgan fingerprint density at radius 1 is 1.13 bits per heavy atom. The Balaban J connectivity index is 1.70. The molecule has 1 N–H and O–H groups in total. The van der Waals surface area contributed by atoms with Gasteiger partial charge in [0.2, 0.25) is 5.91 Å². The number of benzene rings is 2. The second-order valence-corrected chi connectivity index (χ2v) is 9.19. The number of ether oxygens (including phenoxy) is 1. The fourth-order valence-corrected chi connectivity index (χ4v) is 4.29. The Labute approximate surface area is 193 Å². The summed E-state index contributed by atoms with van der Waals surface area (Å²) in [5.74, 6) is 0.318. The summed E-state index contributed by atoms with van der Waals surface area (Å²) in [7, 11) is 0. The number of rotatable bonds is 8. The maximum atomic E-state index is 13.1. The van der Waals surface area contributed by atoms with Gasteiger partial charge < -0.3 is 15.0 Å². The molecule has 5 nitrogen and oxygen atoms in total.